The first kappa shape index (κ1) is 14.0. The van der Waals surface area contributed by atoms with Crippen molar-refractivity contribution >= 4 is 11.7 Å². The number of benzene rings is 1. The van der Waals surface area contributed by atoms with Gasteiger partial charge in [0.2, 0.25) is 5.78 Å². The van der Waals surface area contributed by atoms with Crippen LogP contribution in [0, 0.1) is 0 Å². The fourth-order valence-corrected chi connectivity index (χ4v) is 2.21. The highest BCUT2D eigenvalue weighted by Crippen LogP contribution is 2.26. The third-order valence-corrected chi connectivity index (χ3v) is 3.09. The molecule has 0 bridgehead atoms. The van der Waals surface area contributed by atoms with Crippen molar-refractivity contribution in [2.75, 3.05) is 13.3 Å². The minimum atomic E-state index is -0.606. The zero-order valence-corrected chi connectivity index (χ0v) is 11.6. The number of alkyl halides is 1. The van der Waals surface area contributed by atoms with E-state index in [4.69, 9.17) is 10.5 Å². The highest BCUT2D eigenvalue weighted by molar-refractivity contribution is 5.98. The molecule has 0 saturated heterocycles. The number of aromatic nitrogens is 3. The standard InChI is InChI=1S/C15H13FN4O2/c16-5-8-22-11-4-1-3-10(9-11)12-13(14(17)21)20-7-2-6-18-15(20)19-12/h1-4,6-7,9H,5,8H2,(H2,17,21). The summed E-state index contributed by atoms with van der Waals surface area (Å²) in [5.74, 6) is 0.266. The quantitative estimate of drug-likeness (QED) is 0.779. The third-order valence-electron chi connectivity index (χ3n) is 3.09. The molecule has 6 nitrogen and oxygen atoms in total. The maximum absolute atomic E-state index is 12.2. The molecule has 0 aliphatic heterocycles. The lowest BCUT2D eigenvalue weighted by atomic mass is 10.1. The lowest BCUT2D eigenvalue weighted by Crippen LogP contribution is -2.15. The summed E-state index contributed by atoms with van der Waals surface area (Å²) in [4.78, 5) is 20.2. The Hall–Kier alpha value is -2.96. The predicted octanol–water partition coefficient (Wildman–Crippen LogP) is 1.84. The number of hydrogen-bond acceptors (Lipinski definition) is 4. The first-order valence-corrected chi connectivity index (χ1v) is 6.63. The fourth-order valence-electron chi connectivity index (χ4n) is 2.21. The van der Waals surface area contributed by atoms with E-state index in [9.17, 15) is 9.18 Å². The van der Waals surface area contributed by atoms with Gasteiger partial charge in [-0.1, -0.05) is 12.1 Å². The molecule has 0 saturated carbocycles. The van der Waals surface area contributed by atoms with Crippen LogP contribution in [0.25, 0.3) is 17.0 Å². The van der Waals surface area contributed by atoms with Crippen LogP contribution in [0.5, 0.6) is 5.75 Å². The van der Waals surface area contributed by atoms with Crippen LogP contribution in [0.2, 0.25) is 0 Å². The van der Waals surface area contributed by atoms with Crippen molar-refractivity contribution in [3.8, 4) is 17.0 Å². The second-order valence-corrected chi connectivity index (χ2v) is 4.53. The Labute approximate surface area is 125 Å². The Balaban J connectivity index is 2.13. The maximum Gasteiger partial charge on any atom is 0.268 e. The second kappa shape index (κ2) is 5.80. The summed E-state index contributed by atoms with van der Waals surface area (Å²) in [5.41, 5.74) is 6.78. The van der Waals surface area contributed by atoms with Gasteiger partial charge in [0.05, 0.1) is 0 Å². The van der Waals surface area contributed by atoms with Crippen LogP contribution in [0.1, 0.15) is 10.5 Å². The highest BCUT2D eigenvalue weighted by atomic mass is 19.1. The van der Waals surface area contributed by atoms with E-state index in [0.29, 0.717) is 22.8 Å². The van der Waals surface area contributed by atoms with Crippen molar-refractivity contribution in [3.63, 3.8) is 0 Å². The van der Waals surface area contributed by atoms with Gasteiger partial charge in [0.15, 0.2) is 0 Å². The number of rotatable bonds is 5. The lowest BCUT2D eigenvalue weighted by Gasteiger charge is -2.06. The Morgan fingerprint density at radius 2 is 2.23 bits per heavy atom. The summed E-state index contributed by atoms with van der Waals surface area (Å²) in [6, 6.07) is 8.59. The molecule has 0 atom stereocenters. The van der Waals surface area contributed by atoms with Crippen molar-refractivity contribution < 1.29 is 13.9 Å². The smallest absolute Gasteiger partial charge is 0.268 e. The molecule has 0 aliphatic carbocycles. The van der Waals surface area contributed by atoms with Crippen LogP contribution < -0.4 is 10.5 Å². The zero-order valence-electron chi connectivity index (χ0n) is 11.6. The summed E-state index contributed by atoms with van der Waals surface area (Å²) in [7, 11) is 0. The number of carbonyl (C=O) groups is 1. The van der Waals surface area contributed by atoms with Crippen molar-refractivity contribution in [3.05, 3.63) is 48.4 Å². The number of hydrogen-bond donors (Lipinski definition) is 1. The van der Waals surface area contributed by atoms with E-state index in [-0.39, 0.29) is 12.3 Å². The number of nitrogens with two attached hydrogens (primary N) is 1. The number of fused-ring (bicyclic) bond motifs is 1. The molecule has 1 aromatic carbocycles. The molecule has 112 valence electrons. The van der Waals surface area contributed by atoms with Crippen LogP contribution in [0.4, 0.5) is 4.39 Å². The van der Waals surface area contributed by atoms with E-state index >= 15 is 0 Å². The fraction of sp³-hybridized carbons (Fsp3) is 0.133. The Morgan fingerprint density at radius 1 is 1.36 bits per heavy atom. The number of amides is 1. The molecular weight excluding hydrogens is 287 g/mol. The molecule has 2 aromatic heterocycles. The number of nitrogens with zero attached hydrogens (tertiary/aromatic N) is 3. The molecule has 3 rings (SSSR count). The number of imidazole rings is 1. The molecule has 7 heteroatoms. The minimum absolute atomic E-state index is 0.0289. The monoisotopic (exact) mass is 300 g/mol. The molecule has 22 heavy (non-hydrogen) atoms. The van der Waals surface area contributed by atoms with Gasteiger partial charge in [-0.25, -0.2) is 14.4 Å². The minimum Gasteiger partial charge on any atom is -0.491 e. The van der Waals surface area contributed by atoms with Crippen molar-refractivity contribution in [2.45, 2.75) is 0 Å². The van der Waals surface area contributed by atoms with Gasteiger partial charge in [-0.05, 0) is 18.2 Å². The average molecular weight is 300 g/mol. The molecule has 0 unspecified atom stereocenters. The SMILES string of the molecule is NC(=O)c1c(-c2cccc(OCCF)c2)nc2ncccn12. The third kappa shape index (κ3) is 2.48. The maximum atomic E-state index is 12.2. The molecular formula is C15H13FN4O2. The van der Waals surface area contributed by atoms with E-state index in [1.807, 2.05) is 0 Å². The average Bonchev–Trinajstić information content (AvgIpc) is 2.93. The van der Waals surface area contributed by atoms with E-state index in [1.165, 1.54) is 4.40 Å². The Bertz CT molecular complexity index is 831. The second-order valence-electron chi connectivity index (χ2n) is 4.53. The van der Waals surface area contributed by atoms with Gasteiger partial charge < -0.3 is 10.5 Å². The summed E-state index contributed by atoms with van der Waals surface area (Å²) in [5, 5.41) is 0. The van der Waals surface area contributed by atoms with E-state index in [0.717, 1.165) is 0 Å². The molecule has 3 aromatic rings. The van der Waals surface area contributed by atoms with Gasteiger partial charge in [-0.15, -0.1) is 0 Å². The number of primary amides is 1. The topological polar surface area (TPSA) is 82.5 Å². The van der Waals surface area contributed by atoms with Crippen LogP contribution in [0.15, 0.2) is 42.7 Å². The molecule has 0 radical (unpaired) electrons. The van der Waals surface area contributed by atoms with Gasteiger partial charge in [0.25, 0.3) is 5.91 Å². The molecule has 2 heterocycles. The van der Waals surface area contributed by atoms with Crippen molar-refractivity contribution in [2.24, 2.45) is 5.73 Å². The van der Waals surface area contributed by atoms with Gasteiger partial charge in [0.1, 0.15) is 30.4 Å². The number of ether oxygens (including phenoxy) is 1. The number of carbonyl (C=O) groups excluding carboxylic acids is 1. The summed E-state index contributed by atoms with van der Waals surface area (Å²) in [6.07, 6.45) is 3.25. The lowest BCUT2D eigenvalue weighted by molar-refractivity contribution is 0.0995. The molecule has 0 fully saturated rings. The van der Waals surface area contributed by atoms with Crippen LogP contribution in [-0.2, 0) is 0 Å². The summed E-state index contributed by atoms with van der Waals surface area (Å²) in [6.45, 7) is -0.603. The van der Waals surface area contributed by atoms with E-state index in [1.54, 1.807) is 42.7 Å². The van der Waals surface area contributed by atoms with E-state index in [2.05, 4.69) is 9.97 Å². The van der Waals surface area contributed by atoms with E-state index < -0.39 is 12.6 Å². The van der Waals surface area contributed by atoms with Crippen LogP contribution in [0.3, 0.4) is 0 Å². The van der Waals surface area contributed by atoms with Gasteiger partial charge in [0, 0.05) is 18.0 Å². The zero-order chi connectivity index (χ0) is 15.5. The highest BCUT2D eigenvalue weighted by Gasteiger charge is 2.19. The van der Waals surface area contributed by atoms with Crippen molar-refractivity contribution in [1.82, 2.24) is 14.4 Å². The summed E-state index contributed by atoms with van der Waals surface area (Å²) >= 11 is 0. The van der Waals surface area contributed by atoms with Gasteiger partial charge >= 0.3 is 0 Å². The molecule has 2 N–H and O–H groups in total. The first-order chi connectivity index (χ1) is 10.7. The summed E-state index contributed by atoms with van der Waals surface area (Å²) < 4.78 is 19.0. The van der Waals surface area contributed by atoms with Gasteiger partial charge in [-0.3, -0.25) is 9.20 Å². The normalized spacial score (nSPS) is 10.8. The number of halogens is 1. The molecule has 1 amide bonds. The van der Waals surface area contributed by atoms with Gasteiger partial charge in [-0.2, -0.15) is 0 Å². The largest absolute Gasteiger partial charge is 0.491 e. The first-order valence-electron chi connectivity index (χ1n) is 6.63. The Kier molecular flexibility index (Phi) is 3.69. The Morgan fingerprint density at radius 3 is 3.00 bits per heavy atom. The van der Waals surface area contributed by atoms with Crippen molar-refractivity contribution in [1.29, 1.82) is 0 Å². The molecule has 0 aliphatic rings. The molecule has 0 spiro atoms. The predicted molar refractivity (Wildman–Crippen MR) is 78.4 cm³/mol. The van der Waals surface area contributed by atoms with Crippen LogP contribution in [-0.4, -0.2) is 33.6 Å². The van der Waals surface area contributed by atoms with Crippen LogP contribution >= 0.6 is 0 Å².